The van der Waals surface area contributed by atoms with Gasteiger partial charge in [0.15, 0.2) is 0 Å². The monoisotopic (exact) mass is 234 g/mol. The molecule has 0 aliphatic heterocycles. The Morgan fingerprint density at radius 1 is 1.41 bits per heavy atom. The number of nitrogens with zero attached hydrogens (tertiary/aromatic N) is 1. The Hall–Kier alpha value is -1.89. The van der Waals surface area contributed by atoms with E-state index >= 15 is 0 Å². The third-order valence-electron chi connectivity index (χ3n) is 2.50. The minimum Gasteiger partial charge on any atom is -0.495 e. The molecule has 1 aromatic carbocycles. The van der Waals surface area contributed by atoms with Gasteiger partial charge < -0.3 is 15.2 Å². The van der Waals surface area contributed by atoms with Gasteiger partial charge in [-0.1, -0.05) is 0 Å². The van der Waals surface area contributed by atoms with E-state index in [1.807, 2.05) is 13.8 Å². The van der Waals surface area contributed by atoms with Crippen LogP contribution in [0.3, 0.4) is 0 Å². The maximum absolute atomic E-state index is 8.86. The number of rotatable bonds is 5. The topological polar surface area (TPSA) is 68.3 Å². The van der Waals surface area contributed by atoms with Gasteiger partial charge in [0.2, 0.25) is 0 Å². The lowest BCUT2D eigenvalue weighted by molar-refractivity contribution is 0.264. The average Bonchev–Trinajstić information content (AvgIpc) is 2.29. The lowest BCUT2D eigenvalue weighted by Gasteiger charge is -2.15. The minimum absolute atomic E-state index is 0.363. The summed E-state index contributed by atoms with van der Waals surface area (Å²) in [6, 6.07) is 7.52. The predicted octanol–water partition coefficient (Wildman–Crippen LogP) is 2.60. The molecule has 0 aromatic heterocycles. The van der Waals surface area contributed by atoms with Crippen LogP contribution < -0.4 is 15.2 Å². The van der Waals surface area contributed by atoms with Gasteiger partial charge in [-0.15, -0.1) is 0 Å². The lowest BCUT2D eigenvalue weighted by atomic mass is 9.92. The van der Waals surface area contributed by atoms with E-state index in [9.17, 15) is 0 Å². The average molecular weight is 234 g/mol. The Morgan fingerprint density at radius 2 is 2.12 bits per heavy atom. The second kappa shape index (κ2) is 5.44. The van der Waals surface area contributed by atoms with Gasteiger partial charge in [0, 0.05) is 6.07 Å². The number of nitrogens with two attached hydrogens (primary N) is 1. The number of ether oxygens (including phenoxy) is 2. The summed E-state index contributed by atoms with van der Waals surface area (Å²) in [5, 5.41) is 8.86. The van der Waals surface area contributed by atoms with Crippen molar-refractivity contribution >= 4 is 5.69 Å². The Bertz CT molecular complexity index is 422. The molecule has 1 aromatic rings. The van der Waals surface area contributed by atoms with Crippen molar-refractivity contribution in [1.82, 2.24) is 0 Å². The van der Waals surface area contributed by atoms with Crippen LogP contribution in [0.5, 0.6) is 11.5 Å². The third kappa shape index (κ3) is 3.87. The molecular weight excluding hydrogens is 216 g/mol. The SMILES string of the molecule is COc1ccc(OCCC(C)(C)C#N)cc1N. The van der Waals surface area contributed by atoms with Crippen LogP contribution >= 0.6 is 0 Å². The van der Waals surface area contributed by atoms with Gasteiger partial charge in [0.25, 0.3) is 0 Å². The largest absolute Gasteiger partial charge is 0.495 e. The van der Waals surface area contributed by atoms with Crippen molar-refractivity contribution < 1.29 is 9.47 Å². The molecule has 1 rings (SSSR count). The highest BCUT2D eigenvalue weighted by Gasteiger charge is 2.16. The molecule has 0 heterocycles. The molecule has 0 unspecified atom stereocenters. The number of nitrogen functional groups attached to an aromatic ring is 1. The molecule has 92 valence electrons. The zero-order valence-electron chi connectivity index (χ0n) is 10.5. The van der Waals surface area contributed by atoms with E-state index < -0.39 is 0 Å². The van der Waals surface area contributed by atoms with Crippen molar-refractivity contribution in [2.75, 3.05) is 19.5 Å². The zero-order valence-corrected chi connectivity index (χ0v) is 10.5. The molecule has 0 bridgehead atoms. The van der Waals surface area contributed by atoms with E-state index in [0.717, 1.165) is 0 Å². The van der Waals surface area contributed by atoms with Crippen LogP contribution in [0, 0.1) is 16.7 Å². The number of methoxy groups -OCH3 is 1. The van der Waals surface area contributed by atoms with Crippen molar-refractivity contribution in [2.45, 2.75) is 20.3 Å². The summed E-state index contributed by atoms with van der Waals surface area (Å²) >= 11 is 0. The maximum atomic E-state index is 8.86. The highest BCUT2D eigenvalue weighted by Crippen LogP contribution is 2.26. The van der Waals surface area contributed by atoms with Crippen LogP contribution in [0.4, 0.5) is 5.69 Å². The molecule has 0 aliphatic rings. The maximum Gasteiger partial charge on any atom is 0.142 e. The highest BCUT2D eigenvalue weighted by atomic mass is 16.5. The smallest absolute Gasteiger partial charge is 0.142 e. The fourth-order valence-electron chi connectivity index (χ4n) is 1.28. The highest BCUT2D eigenvalue weighted by molar-refractivity contribution is 5.56. The molecule has 4 heteroatoms. The number of hydrogen-bond acceptors (Lipinski definition) is 4. The van der Waals surface area contributed by atoms with E-state index in [0.29, 0.717) is 30.2 Å². The van der Waals surface area contributed by atoms with Crippen LogP contribution in [0.15, 0.2) is 18.2 Å². The summed E-state index contributed by atoms with van der Waals surface area (Å²) in [5.74, 6) is 1.33. The first kappa shape index (κ1) is 13.2. The van der Waals surface area contributed by atoms with E-state index in [2.05, 4.69) is 6.07 Å². The van der Waals surface area contributed by atoms with Gasteiger partial charge >= 0.3 is 0 Å². The summed E-state index contributed by atoms with van der Waals surface area (Å²) in [6.07, 6.45) is 0.676. The standard InChI is InChI=1S/C13H18N2O2/c1-13(2,9-14)6-7-17-10-4-5-12(16-3)11(15)8-10/h4-5,8H,6-7,15H2,1-3H3. The first-order valence-corrected chi connectivity index (χ1v) is 5.46. The molecule has 0 saturated heterocycles. The van der Waals surface area contributed by atoms with Gasteiger partial charge in [0.1, 0.15) is 11.5 Å². The summed E-state index contributed by atoms with van der Waals surface area (Å²) in [6.45, 7) is 4.27. The molecule has 2 N–H and O–H groups in total. The fraction of sp³-hybridized carbons (Fsp3) is 0.462. The third-order valence-corrected chi connectivity index (χ3v) is 2.50. The Balaban J connectivity index is 2.54. The van der Waals surface area contributed by atoms with Crippen molar-refractivity contribution in [3.63, 3.8) is 0 Å². The zero-order chi connectivity index (χ0) is 12.9. The molecule has 0 spiro atoms. The summed E-state index contributed by atoms with van der Waals surface area (Å²) < 4.78 is 10.6. The van der Waals surface area contributed by atoms with Crippen molar-refractivity contribution in [3.05, 3.63) is 18.2 Å². The number of nitriles is 1. The van der Waals surface area contributed by atoms with Gasteiger partial charge in [-0.05, 0) is 32.4 Å². The van der Waals surface area contributed by atoms with E-state index in [1.165, 1.54) is 0 Å². The molecule has 0 amide bonds. The lowest BCUT2D eigenvalue weighted by Crippen LogP contribution is -2.13. The van der Waals surface area contributed by atoms with Gasteiger partial charge in [-0.3, -0.25) is 0 Å². The fourth-order valence-corrected chi connectivity index (χ4v) is 1.28. The van der Waals surface area contributed by atoms with Crippen molar-refractivity contribution in [1.29, 1.82) is 5.26 Å². The van der Waals surface area contributed by atoms with Crippen LogP contribution in [0.1, 0.15) is 20.3 Å². The Labute approximate surface area is 102 Å². The molecule has 0 radical (unpaired) electrons. The van der Waals surface area contributed by atoms with E-state index in [1.54, 1.807) is 25.3 Å². The van der Waals surface area contributed by atoms with Crippen molar-refractivity contribution in [2.24, 2.45) is 5.41 Å². The molecule has 17 heavy (non-hydrogen) atoms. The predicted molar refractivity (Wildman–Crippen MR) is 66.9 cm³/mol. The Kier molecular flexibility index (Phi) is 4.22. The van der Waals surface area contributed by atoms with E-state index in [4.69, 9.17) is 20.5 Å². The molecule has 0 atom stereocenters. The molecule has 4 nitrogen and oxygen atoms in total. The molecule has 0 saturated carbocycles. The quantitative estimate of drug-likeness (QED) is 0.795. The van der Waals surface area contributed by atoms with Gasteiger partial charge in [-0.2, -0.15) is 5.26 Å². The normalized spacial score (nSPS) is 10.7. The second-order valence-electron chi connectivity index (χ2n) is 4.50. The molecular formula is C13H18N2O2. The van der Waals surface area contributed by atoms with Crippen LogP contribution in [0.25, 0.3) is 0 Å². The van der Waals surface area contributed by atoms with Crippen LogP contribution in [0.2, 0.25) is 0 Å². The molecule has 0 aliphatic carbocycles. The summed E-state index contributed by atoms with van der Waals surface area (Å²) in [7, 11) is 1.57. The molecule has 0 fully saturated rings. The minimum atomic E-state index is -0.363. The number of anilines is 1. The van der Waals surface area contributed by atoms with Crippen LogP contribution in [-0.4, -0.2) is 13.7 Å². The van der Waals surface area contributed by atoms with Gasteiger partial charge in [-0.25, -0.2) is 0 Å². The van der Waals surface area contributed by atoms with E-state index in [-0.39, 0.29) is 5.41 Å². The van der Waals surface area contributed by atoms with Crippen molar-refractivity contribution in [3.8, 4) is 17.6 Å². The Morgan fingerprint density at radius 3 is 2.65 bits per heavy atom. The number of hydrogen-bond donors (Lipinski definition) is 1. The van der Waals surface area contributed by atoms with Crippen LogP contribution in [-0.2, 0) is 0 Å². The van der Waals surface area contributed by atoms with Gasteiger partial charge in [0.05, 0.1) is 30.9 Å². The second-order valence-corrected chi connectivity index (χ2v) is 4.50. The number of benzene rings is 1. The summed E-state index contributed by atoms with van der Waals surface area (Å²) in [5.41, 5.74) is 5.94. The first-order chi connectivity index (χ1) is 7.98. The summed E-state index contributed by atoms with van der Waals surface area (Å²) in [4.78, 5) is 0. The first-order valence-electron chi connectivity index (χ1n) is 5.46.